The van der Waals surface area contributed by atoms with Crippen LogP contribution in [-0.4, -0.2) is 32.2 Å². The van der Waals surface area contributed by atoms with E-state index in [2.05, 4.69) is 4.40 Å². The van der Waals surface area contributed by atoms with Crippen molar-refractivity contribution in [2.45, 2.75) is 11.8 Å². The van der Waals surface area contributed by atoms with Crippen LogP contribution >= 0.6 is 11.3 Å². The highest BCUT2D eigenvalue weighted by Crippen LogP contribution is 2.16. The third-order valence-corrected chi connectivity index (χ3v) is 5.76. The van der Waals surface area contributed by atoms with Gasteiger partial charge in [-0.15, -0.1) is 15.7 Å². The van der Waals surface area contributed by atoms with E-state index >= 15 is 0 Å². The quantitative estimate of drug-likeness (QED) is 0.551. The van der Waals surface area contributed by atoms with E-state index in [-0.39, 0.29) is 11.5 Å². The zero-order valence-corrected chi connectivity index (χ0v) is 16.7. The van der Waals surface area contributed by atoms with Crippen LogP contribution in [0, 0.1) is 0 Å². The van der Waals surface area contributed by atoms with Crippen LogP contribution in [0.25, 0.3) is 5.69 Å². The minimum atomic E-state index is -3.81. The molecule has 0 saturated carbocycles. The Balaban J connectivity index is 1.83. The lowest BCUT2D eigenvalue weighted by atomic mass is 10.3. The predicted molar refractivity (Wildman–Crippen MR) is 105 cm³/mol. The summed E-state index contributed by atoms with van der Waals surface area (Å²) in [4.78, 5) is 11.8. The molecule has 0 fully saturated rings. The van der Waals surface area contributed by atoms with E-state index in [9.17, 15) is 13.2 Å². The Hall–Kier alpha value is -2.91. The molecule has 1 heterocycles. The topological polar surface area (TPSA) is 87.0 Å². The number of nitrogens with zero attached hydrogens (tertiary/aromatic N) is 2. The lowest BCUT2D eigenvalue weighted by Crippen LogP contribution is -2.15. The van der Waals surface area contributed by atoms with Crippen LogP contribution in [0.4, 0.5) is 0 Å². The van der Waals surface area contributed by atoms with Gasteiger partial charge in [-0.1, -0.05) is 18.2 Å². The van der Waals surface area contributed by atoms with Gasteiger partial charge in [0.25, 0.3) is 10.0 Å². The maximum atomic E-state index is 12.5. The maximum absolute atomic E-state index is 12.5. The minimum Gasteiger partial charge on any atom is -0.482 e. The molecule has 0 radical (unpaired) electrons. The normalized spacial score (nSPS) is 12.0. The summed E-state index contributed by atoms with van der Waals surface area (Å²) in [5, 5.41) is 1.75. The lowest BCUT2D eigenvalue weighted by molar-refractivity contribution is -0.145. The summed E-state index contributed by atoms with van der Waals surface area (Å²) in [5.74, 6) is 0.0639. The molecule has 9 heteroatoms. The Morgan fingerprint density at radius 2 is 1.82 bits per heavy atom. The van der Waals surface area contributed by atoms with Crippen LogP contribution in [0.15, 0.2) is 75.5 Å². The number of hydrogen-bond acceptors (Lipinski definition) is 6. The molecule has 0 bridgehead atoms. The van der Waals surface area contributed by atoms with Crippen molar-refractivity contribution in [1.29, 1.82) is 0 Å². The molecule has 0 saturated heterocycles. The van der Waals surface area contributed by atoms with E-state index in [1.807, 2.05) is 0 Å². The van der Waals surface area contributed by atoms with E-state index < -0.39 is 16.0 Å². The van der Waals surface area contributed by atoms with Crippen molar-refractivity contribution in [3.63, 3.8) is 0 Å². The Labute approximate surface area is 166 Å². The standard InChI is InChI=1S/C19H18N2O5S2/c1-2-25-18(22)14-26-16-10-8-15(9-11-16)21-12-13-27-19(21)20-28(23,24)17-6-4-3-5-7-17/h3-13H,2,14H2,1H3/b20-19-. The van der Waals surface area contributed by atoms with E-state index in [0.29, 0.717) is 22.8 Å². The van der Waals surface area contributed by atoms with Gasteiger partial charge < -0.3 is 9.47 Å². The second-order valence-electron chi connectivity index (χ2n) is 5.52. The van der Waals surface area contributed by atoms with Crippen molar-refractivity contribution in [2.75, 3.05) is 13.2 Å². The Bertz CT molecular complexity index is 1100. The van der Waals surface area contributed by atoms with Gasteiger partial charge in [0.05, 0.1) is 11.5 Å². The number of thiazole rings is 1. The van der Waals surface area contributed by atoms with E-state index in [1.54, 1.807) is 65.5 Å². The second-order valence-corrected chi connectivity index (χ2v) is 8.00. The SMILES string of the molecule is CCOC(=O)COc1ccc(-n2ccs/c2=N\S(=O)(=O)c2ccccc2)cc1. The largest absolute Gasteiger partial charge is 0.482 e. The Morgan fingerprint density at radius 3 is 2.50 bits per heavy atom. The number of hydrogen-bond donors (Lipinski definition) is 0. The summed E-state index contributed by atoms with van der Waals surface area (Å²) in [5.41, 5.74) is 0.715. The van der Waals surface area contributed by atoms with Crippen LogP contribution < -0.4 is 9.54 Å². The molecule has 146 valence electrons. The molecular weight excluding hydrogens is 400 g/mol. The monoisotopic (exact) mass is 418 g/mol. The number of aromatic nitrogens is 1. The van der Waals surface area contributed by atoms with Gasteiger partial charge >= 0.3 is 5.97 Å². The minimum absolute atomic E-state index is 0.137. The first-order chi connectivity index (χ1) is 13.5. The molecule has 0 aliphatic heterocycles. The highest BCUT2D eigenvalue weighted by molar-refractivity contribution is 7.90. The van der Waals surface area contributed by atoms with Crippen LogP contribution in [0.3, 0.4) is 0 Å². The fourth-order valence-corrected chi connectivity index (χ4v) is 4.28. The summed E-state index contributed by atoms with van der Waals surface area (Å²) >= 11 is 1.21. The third-order valence-electron chi connectivity index (χ3n) is 3.61. The summed E-state index contributed by atoms with van der Waals surface area (Å²) in [7, 11) is -3.81. The van der Waals surface area contributed by atoms with Gasteiger partial charge in [-0.25, -0.2) is 4.79 Å². The van der Waals surface area contributed by atoms with E-state index in [0.717, 1.165) is 0 Å². The molecule has 1 aromatic heterocycles. The highest BCUT2D eigenvalue weighted by Gasteiger charge is 2.13. The Morgan fingerprint density at radius 1 is 1.11 bits per heavy atom. The number of esters is 1. The van der Waals surface area contributed by atoms with Gasteiger partial charge in [-0.3, -0.25) is 4.57 Å². The number of carbonyl (C=O) groups excluding carboxylic acids is 1. The van der Waals surface area contributed by atoms with Gasteiger partial charge in [-0.2, -0.15) is 8.42 Å². The summed E-state index contributed by atoms with van der Waals surface area (Å²) in [6, 6.07) is 14.9. The average molecular weight is 418 g/mol. The maximum Gasteiger partial charge on any atom is 0.344 e. The second kappa shape index (κ2) is 8.85. The van der Waals surface area contributed by atoms with Crippen molar-refractivity contribution < 1.29 is 22.7 Å². The molecule has 3 rings (SSSR count). The molecule has 28 heavy (non-hydrogen) atoms. The van der Waals surface area contributed by atoms with Crippen molar-refractivity contribution in [2.24, 2.45) is 4.40 Å². The van der Waals surface area contributed by atoms with Gasteiger partial charge in [0.15, 0.2) is 6.61 Å². The van der Waals surface area contributed by atoms with Gasteiger partial charge in [-0.05, 0) is 43.3 Å². The molecule has 0 aliphatic carbocycles. The molecule has 3 aromatic rings. The fourth-order valence-electron chi connectivity index (χ4n) is 2.33. The van der Waals surface area contributed by atoms with Gasteiger partial charge in [0.1, 0.15) is 5.75 Å². The molecule has 7 nitrogen and oxygen atoms in total. The number of sulfonamides is 1. The first-order valence-electron chi connectivity index (χ1n) is 8.40. The number of ether oxygens (including phenoxy) is 2. The smallest absolute Gasteiger partial charge is 0.344 e. The number of rotatable bonds is 7. The molecule has 0 N–H and O–H groups in total. The van der Waals surface area contributed by atoms with Crippen molar-refractivity contribution in [1.82, 2.24) is 4.57 Å². The molecule has 0 unspecified atom stereocenters. The predicted octanol–water partition coefficient (Wildman–Crippen LogP) is 2.77. The molecule has 0 atom stereocenters. The summed E-state index contributed by atoms with van der Waals surface area (Å²) in [6.07, 6.45) is 1.73. The first kappa shape index (κ1) is 19.8. The van der Waals surface area contributed by atoms with Crippen LogP contribution in [0.1, 0.15) is 6.92 Å². The zero-order chi connectivity index (χ0) is 20.0. The lowest BCUT2D eigenvalue weighted by Gasteiger charge is -2.07. The van der Waals surface area contributed by atoms with Gasteiger partial charge in [0, 0.05) is 17.3 Å². The Kier molecular flexibility index (Phi) is 6.27. The number of benzene rings is 2. The molecular formula is C19H18N2O5S2. The van der Waals surface area contributed by atoms with Gasteiger partial charge in [0.2, 0.25) is 4.80 Å². The van der Waals surface area contributed by atoms with Crippen LogP contribution in [-0.2, 0) is 19.6 Å². The third kappa shape index (κ3) is 4.87. The van der Waals surface area contributed by atoms with Crippen LogP contribution in [0.5, 0.6) is 5.75 Å². The van der Waals surface area contributed by atoms with E-state index in [1.165, 1.54) is 23.5 Å². The average Bonchev–Trinajstić information content (AvgIpc) is 3.15. The molecule has 0 aliphatic rings. The zero-order valence-electron chi connectivity index (χ0n) is 15.0. The van der Waals surface area contributed by atoms with Crippen molar-refractivity contribution >= 4 is 27.3 Å². The fraction of sp³-hybridized carbons (Fsp3) is 0.158. The summed E-state index contributed by atoms with van der Waals surface area (Å²) < 4.78 is 40.8. The van der Waals surface area contributed by atoms with Crippen molar-refractivity contribution in [3.8, 4) is 11.4 Å². The number of carbonyl (C=O) groups is 1. The highest BCUT2D eigenvalue weighted by atomic mass is 32.2. The van der Waals surface area contributed by atoms with Crippen LogP contribution in [0.2, 0.25) is 0 Å². The summed E-state index contributed by atoms with van der Waals surface area (Å²) in [6.45, 7) is 1.86. The molecule has 0 amide bonds. The van der Waals surface area contributed by atoms with Crippen molar-refractivity contribution in [3.05, 3.63) is 71.0 Å². The van der Waals surface area contributed by atoms with E-state index in [4.69, 9.17) is 9.47 Å². The molecule has 2 aromatic carbocycles. The first-order valence-corrected chi connectivity index (χ1v) is 10.7. The molecule has 0 spiro atoms.